The third kappa shape index (κ3) is 1.42. The summed E-state index contributed by atoms with van der Waals surface area (Å²) in [6.07, 6.45) is 1.01. The topological polar surface area (TPSA) is 30.7 Å². The zero-order chi connectivity index (χ0) is 8.43. The summed E-state index contributed by atoms with van der Waals surface area (Å²) in [6.45, 7) is 8.37. The molecule has 11 heavy (non-hydrogen) atoms. The van der Waals surface area contributed by atoms with E-state index in [2.05, 4.69) is 31.1 Å². The Bertz CT molecular complexity index is 237. The minimum atomic E-state index is 0.422. The molecule has 1 rings (SSSR count). The number of aryl methyl sites for hydroxylation is 1. The van der Waals surface area contributed by atoms with Crippen LogP contribution in [0.5, 0.6) is 0 Å². The van der Waals surface area contributed by atoms with E-state index in [4.69, 9.17) is 0 Å². The third-order valence-electron chi connectivity index (χ3n) is 1.81. The summed E-state index contributed by atoms with van der Waals surface area (Å²) in [4.78, 5) is 0. The Kier molecular flexibility index (Phi) is 2.27. The lowest BCUT2D eigenvalue weighted by Gasteiger charge is -2.07. The molecule has 0 unspecified atom stereocenters. The van der Waals surface area contributed by atoms with Gasteiger partial charge in [0, 0.05) is 6.04 Å². The van der Waals surface area contributed by atoms with Crippen LogP contribution in [0.15, 0.2) is 0 Å². The Balaban J connectivity index is 3.05. The van der Waals surface area contributed by atoms with E-state index < -0.39 is 0 Å². The average molecular weight is 153 g/mol. The molecule has 0 fully saturated rings. The van der Waals surface area contributed by atoms with Crippen LogP contribution in [0.3, 0.4) is 0 Å². The van der Waals surface area contributed by atoms with Crippen molar-refractivity contribution < 1.29 is 0 Å². The predicted molar refractivity (Wildman–Crippen MR) is 44.5 cm³/mol. The van der Waals surface area contributed by atoms with E-state index in [1.165, 1.54) is 5.69 Å². The van der Waals surface area contributed by atoms with Crippen molar-refractivity contribution in [3.8, 4) is 0 Å². The van der Waals surface area contributed by atoms with Gasteiger partial charge in [-0.2, -0.15) is 0 Å². The summed E-state index contributed by atoms with van der Waals surface area (Å²) in [6, 6.07) is 0.422. The maximum absolute atomic E-state index is 4.05. The molecule has 3 nitrogen and oxygen atoms in total. The van der Waals surface area contributed by atoms with Gasteiger partial charge in [0.15, 0.2) is 0 Å². The number of aromatic nitrogens is 3. The fourth-order valence-electron chi connectivity index (χ4n) is 1.23. The van der Waals surface area contributed by atoms with Crippen LogP contribution in [0, 0.1) is 6.92 Å². The Morgan fingerprint density at radius 2 is 2.09 bits per heavy atom. The molecule has 1 heterocycles. The first-order valence-electron chi connectivity index (χ1n) is 4.07. The van der Waals surface area contributed by atoms with Crippen LogP contribution in [-0.4, -0.2) is 15.0 Å². The fraction of sp³-hybridized carbons (Fsp3) is 0.750. The zero-order valence-electron chi connectivity index (χ0n) is 7.63. The molecule has 0 atom stereocenters. The van der Waals surface area contributed by atoms with Crippen LogP contribution >= 0.6 is 0 Å². The summed E-state index contributed by atoms with van der Waals surface area (Å²) in [5, 5.41) is 8.07. The second kappa shape index (κ2) is 3.03. The van der Waals surface area contributed by atoms with Gasteiger partial charge in [0.25, 0.3) is 0 Å². The van der Waals surface area contributed by atoms with Crippen LogP contribution in [0.4, 0.5) is 0 Å². The maximum atomic E-state index is 4.05. The highest BCUT2D eigenvalue weighted by Crippen LogP contribution is 2.10. The molecule has 0 saturated carbocycles. The molecule has 0 radical (unpaired) electrons. The summed E-state index contributed by atoms with van der Waals surface area (Å²) in [7, 11) is 0. The van der Waals surface area contributed by atoms with Gasteiger partial charge >= 0.3 is 0 Å². The second-order valence-electron chi connectivity index (χ2n) is 3.01. The van der Waals surface area contributed by atoms with Crippen LogP contribution in [-0.2, 0) is 6.42 Å². The van der Waals surface area contributed by atoms with Crippen LogP contribution < -0.4 is 0 Å². The number of nitrogens with zero attached hydrogens (tertiary/aromatic N) is 3. The lowest BCUT2D eigenvalue weighted by atomic mass is 10.2. The SMILES string of the molecule is CCc1c(C)nnn1C(C)C. The highest BCUT2D eigenvalue weighted by atomic mass is 15.4. The average Bonchev–Trinajstić information content (AvgIpc) is 2.30. The number of hydrogen-bond donors (Lipinski definition) is 0. The van der Waals surface area contributed by atoms with Gasteiger partial charge in [-0.3, -0.25) is 0 Å². The number of rotatable bonds is 2. The molecule has 0 aliphatic rings. The highest BCUT2D eigenvalue weighted by molar-refractivity contribution is 5.07. The molecule has 62 valence electrons. The standard InChI is InChI=1S/C8H15N3/c1-5-8-7(4)9-10-11(8)6(2)3/h6H,5H2,1-4H3. The van der Waals surface area contributed by atoms with Gasteiger partial charge in [0.2, 0.25) is 0 Å². The Hall–Kier alpha value is -0.860. The smallest absolute Gasteiger partial charge is 0.0828 e. The first-order chi connectivity index (χ1) is 5.16. The van der Waals surface area contributed by atoms with E-state index in [9.17, 15) is 0 Å². The van der Waals surface area contributed by atoms with Gasteiger partial charge in [-0.15, -0.1) is 5.10 Å². The van der Waals surface area contributed by atoms with E-state index in [-0.39, 0.29) is 0 Å². The molecule has 3 heteroatoms. The summed E-state index contributed by atoms with van der Waals surface area (Å²) >= 11 is 0. The summed E-state index contributed by atoms with van der Waals surface area (Å²) < 4.78 is 1.98. The van der Waals surface area contributed by atoms with Crippen molar-refractivity contribution in [2.24, 2.45) is 0 Å². The Morgan fingerprint density at radius 1 is 1.45 bits per heavy atom. The Morgan fingerprint density at radius 3 is 2.45 bits per heavy atom. The zero-order valence-corrected chi connectivity index (χ0v) is 7.63. The summed E-state index contributed by atoms with van der Waals surface area (Å²) in [5.74, 6) is 0. The molecular weight excluding hydrogens is 138 g/mol. The minimum absolute atomic E-state index is 0.422. The van der Waals surface area contributed by atoms with Gasteiger partial charge in [0.1, 0.15) is 0 Å². The van der Waals surface area contributed by atoms with E-state index in [0.717, 1.165) is 12.1 Å². The molecule has 0 aliphatic carbocycles. The van der Waals surface area contributed by atoms with E-state index >= 15 is 0 Å². The van der Waals surface area contributed by atoms with Gasteiger partial charge < -0.3 is 0 Å². The maximum Gasteiger partial charge on any atom is 0.0828 e. The predicted octanol–water partition coefficient (Wildman–Crippen LogP) is 1.73. The van der Waals surface area contributed by atoms with Gasteiger partial charge in [-0.05, 0) is 27.2 Å². The van der Waals surface area contributed by atoms with Crippen molar-refractivity contribution in [3.05, 3.63) is 11.4 Å². The monoisotopic (exact) mass is 153 g/mol. The van der Waals surface area contributed by atoms with Crippen molar-refractivity contribution in [1.29, 1.82) is 0 Å². The van der Waals surface area contributed by atoms with Crippen LogP contribution in [0.2, 0.25) is 0 Å². The van der Waals surface area contributed by atoms with Crippen molar-refractivity contribution >= 4 is 0 Å². The van der Waals surface area contributed by atoms with Crippen molar-refractivity contribution in [2.75, 3.05) is 0 Å². The van der Waals surface area contributed by atoms with Crippen molar-refractivity contribution in [3.63, 3.8) is 0 Å². The second-order valence-corrected chi connectivity index (χ2v) is 3.01. The molecule has 0 spiro atoms. The van der Waals surface area contributed by atoms with Crippen LogP contribution in [0.25, 0.3) is 0 Å². The largest absolute Gasteiger partial charge is 0.247 e. The first kappa shape index (κ1) is 8.24. The normalized spacial score (nSPS) is 11.0. The molecule has 0 aliphatic heterocycles. The lowest BCUT2D eigenvalue weighted by molar-refractivity contribution is 0.496. The van der Waals surface area contributed by atoms with Crippen molar-refractivity contribution in [2.45, 2.75) is 40.2 Å². The van der Waals surface area contributed by atoms with Gasteiger partial charge in [0.05, 0.1) is 11.4 Å². The molecule has 0 amide bonds. The van der Waals surface area contributed by atoms with Gasteiger partial charge in [-0.1, -0.05) is 12.1 Å². The minimum Gasteiger partial charge on any atom is -0.247 e. The molecule has 0 bridgehead atoms. The molecule has 0 saturated heterocycles. The highest BCUT2D eigenvalue weighted by Gasteiger charge is 2.08. The van der Waals surface area contributed by atoms with Crippen LogP contribution in [0.1, 0.15) is 38.2 Å². The quantitative estimate of drug-likeness (QED) is 0.647. The van der Waals surface area contributed by atoms with E-state index in [1.807, 2.05) is 11.6 Å². The first-order valence-corrected chi connectivity index (χ1v) is 4.07. The number of hydrogen-bond acceptors (Lipinski definition) is 2. The molecular formula is C8H15N3. The molecule has 1 aromatic rings. The van der Waals surface area contributed by atoms with Crippen molar-refractivity contribution in [1.82, 2.24) is 15.0 Å². The van der Waals surface area contributed by atoms with Gasteiger partial charge in [-0.25, -0.2) is 4.68 Å². The fourth-order valence-corrected chi connectivity index (χ4v) is 1.23. The molecule has 0 aromatic carbocycles. The molecule has 0 N–H and O–H groups in total. The molecule has 1 aromatic heterocycles. The summed E-state index contributed by atoms with van der Waals surface area (Å²) in [5.41, 5.74) is 2.31. The lowest BCUT2D eigenvalue weighted by Crippen LogP contribution is -2.07. The van der Waals surface area contributed by atoms with E-state index in [1.54, 1.807) is 0 Å². The van der Waals surface area contributed by atoms with E-state index in [0.29, 0.717) is 6.04 Å². The third-order valence-corrected chi connectivity index (χ3v) is 1.81. The Labute approximate surface area is 67.4 Å².